The Morgan fingerprint density at radius 3 is 2.00 bits per heavy atom. The highest BCUT2D eigenvalue weighted by molar-refractivity contribution is 6.35. The maximum atomic E-state index is 13.3. The Morgan fingerprint density at radius 1 is 1.03 bits per heavy atom. The van der Waals surface area contributed by atoms with Crippen LogP contribution < -0.4 is 5.32 Å². The van der Waals surface area contributed by atoms with Crippen LogP contribution in [0.5, 0.6) is 0 Å². The van der Waals surface area contributed by atoms with E-state index in [-0.39, 0.29) is 11.6 Å². The van der Waals surface area contributed by atoms with Gasteiger partial charge in [-0.1, -0.05) is 5.92 Å². The molecule has 2 amide bonds. The van der Waals surface area contributed by atoms with Gasteiger partial charge >= 0.3 is 11.8 Å². The Kier molecular flexibility index (Phi) is 6.83. The van der Waals surface area contributed by atoms with Gasteiger partial charge in [0.25, 0.3) is 0 Å². The van der Waals surface area contributed by atoms with Gasteiger partial charge in [-0.05, 0) is 88.6 Å². The predicted octanol–water partition coefficient (Wildman–Crippen LogP) is 3.21. The van der Waals surface area contributed by atoms with Crippen molar-refractivity contribution in [3.05, 3.63) is 34.4 Å². The number of hydrogen-bond acceptors (Lipinski definition) is 4. The summed E-state index contributed by atoms with van der Waals surface area (Å²) in [7, 11) is 0. The quantitative estimate of drug-likeness (QED) is 0.405. The van der Waals surface area contributed by atoms with E-state index in [1.165, 1.54) is 4.90 Å². The zero-order chi connectivity index (χ0) is 24.6. The average Bonchev–Trinajstić information content (AvgIpc) is 2.68. The number of amides is 2. The number of hydrogen-bond donors (Lipinski definition) is 1. The van der Waals surface area contributed by atoms with Crippen LogP contribution >= 0.6 is 0 Å². The lowest BCUT2D eigenvalue weighted by Gasteiger charge is -2.44. The highest BCUT2D eigenvalue weighted by Crippen LogP contribution is 2.46. The summed E-state index contributed by atoms with van der Waals surface area (Å²) in [5.41, 5.74) is 2.63. The van der Waals surface area contributed by atoms with Crippen molar-refractivity contribution in [1.29, 1.82) is 0 Å². The largest absolute Gasteiger partial charge is 0.343 e. The van der Waals surface area contributed by atoms with Gasteiger partial charge in [0.05, 0.1) is 0 Å². The molecular weight excluding hydrogens is 416 g/mol. The first-order valence-corrected chi connectivity index (χ1v) is 11.6. The molecule has 6 nitrogen and oxygen atoms in total. The summed E-state index contributed by atoms with van der Waals surface area (Å²) in [6.45, 7) is 11.9. The molecule has 2 fully saturated rings. The summed E-state index contributed by atoms with van der Waals surface area (Å²) in [6, 6.07) is 3.88. The molecule has 176 valence electrons. The van der Waals surface area contributed by atoms with Crippen LogP contribution in [0.4, 0.5) is 0 Å². The number of Topliss-reactive ketones (excluding diaryl/α,β-unsaturated/α-hetero) is 2. The highest BCUT2D eigenvalue weighted by atomic mass is 16.2. The molecule has 1 heterocycles. The number of nitrogens with zero attached hydrogens (tertiary/aromatic N) is 1. The standard InChI is InChI=1S/C27H34N2O4/c1-7-8-19-13-17(2)22(18(3)14-19)23-20(30)15-27(16-21(23)31)9-11-29(12-10-27)25(33)24(32)28-26(4,5)6/h13-14,23H,9-12,15-16H2,1-6H3,(H,28,32). The molecule has 1 aromatic rings. The van der Waals surface area contributed by atoms with Crippen molar-refractivity contribution >= 4 is 23.4 Å². The number of ketones is 2. The number of carbonyl (C=O) groups is 4. The number of nitrogens with one attached hydrogen (secondary N) is 1. The summed E-state index contributed by atoms with van der Waals surface area (Å²) in [6.07, 6.45) is 1.76. The number of benzene rings is 1. The maximum Gasteiger partial charge on any atom is 0.311 e. The van der Waals surface area contributed by atoms with Gasteiger partial charge < -0.3 is 10.2 Å². The van der Waals surface area contributed by atoms with Crippen LogP contribution in [-0.2, 0) is 19.2 Å². The molecule has 1 N–H and O–H groups in total. The second kappa shape index (κ2) is 9.13. The van der Waals surface area contributed by atoms with Crippen LogP contribution in [0.15, 0.2) is 12.1 Å². The van der Waals surface area contributed by atoms with Gasteiger partial charge in [0.15, 0.2) is 0 Å². The minimum atomic E-state index is -0.725. The fourth-order valence-corrected chi connectivity index (χ4v) is 5.23. The Bertz CT molecular complexity index is 1020. The summed E-state index contributed by atoms with van der Waals surface area (Å²) in [5.74, 6) is 3.95. The molecule has 6 heteroatoms. The molecule has 33 heavy (non-hydrogen) atoms. The van der Waals surface area contributed by atoms with Gasteiger partial charge in [-0.15, -0.1) is 5.92 Å². The van der Waals surface area contributed by atoms with Crippen LogP contribution in [0, 0.1) is 31.1 Å². The molecule has 2 aliphatic rings. The third-order valence-electron chi connectivity index (χ3n) is 6.69. The van der Waals surface area contributed by atoms with Crippen molar-refractivity contribution in [1.82, 2.24) is 10.2 Å². The fourth-order valence-electron chi connectivity index (χ4n) is 5.23. The molecule has 1 aromatic carbocycles. The molecular formula is C27H34N2O4. The minimum Gasteiger partial charge on any atom is -0.343 e. The van der Waals surface area contributed by atoms with E-state index in [9.17, 15) is 19.2 Å². The summed E-state index contributed by atoms with van der Waals surface area (Å²) < 4.78 is 0. The van der Waals surface area contributed by atoms with Gasteiger partial charge in [-0.25, -0.2) is 0 Å². The fraction of sp³-hybridized carbons (Fsp3) is 0.556. The summed E-state index contributed by atoms with van der Waals surface area (Å²) in [4.78, 5) is 52.9. The molecule has 0 aromatic heterocycles. The maximum absolute atomic E-state index is 13.3. The molecule has 1 spiro atoms. The van der Waals surface area contributed by atoms with Crippen LogP contribution in [0.2, 0.25) is 0 Å². The summed E-state index contributed by atoms with van der Waals surface area (Å²) in [5, 5.41) is 2.70. The number of piperidine rings is 1. The van der Waals surface area contributed by atoms with Crippen LogP contribution in [0.3, 0.4) is 0 Å². The average molecular weight is 451 g/mol. The van der Waals surface area contributed by atoms with E-state index in [0.717, 1.165) is 22.3 Å². The zero-order valence-electron chi connectivity index (χ0n) is 20.6. The predicted molar refractivity (Wildman–Crippen MR) is 127 cm³/mol. The smallest absolute Gasteiger partial charge is 0.311 e. The SMILES string of the molecule is CC#Cc1cc(C)c(C2C(=O)CC3(CCN(C(=O)C(=O)NC(C)(C)C)CC3)CC2=O)c(C)c1. The van der Waals surface area contributed by atoms with E-state index in [0.29, 0.717) is 38.8 Å². The first-order chi connectivity index (χ1) is 15.4. The van der Waals surface area contributed by atoms with E-state index in [1.54, 1.807) is 6.92 Å². The number of likely N-dealkylation sites (tertiary alicyclic amines) is 1. The first kappa shape index (κ1) is 24.7. The monoisotopic (exact) mass is 450 g/mol. The lowest BCUT2D eigenvalue weighted by molar-refractivity contribution is -0.149. The topological polar surface area (TPSA) is 83.6 Å². The van der Waals surface area contributed by atoms with Gasteiger partial charge in [0.1, 0.15) is 17.5 Å². The van der Waals surface area contributed by atoms with Gasteiger partial charge in [0, 0.05) is 37.0 Å². The van der Waals surface area contributed by atoms with Gasteiger partial charge in [-0.3, -0.25) is 19.2 Å². The third-order valence-corrected chi connectivity index (χ3v) is 6.69. The van der Waals surface area contributed by atoms with E-state index >= 15 is 0 Å². The lowest BCUT2D eigenvalue weighted by Crippen LogP contribution is -2.53. The van der Waals surface area contributed by atoms with Crippen molar-refractivity contribution in [3.63, 3.8) is 0 Å². The molecule has 1 saturated heterocycles. The normalized spacial score (nSPS) is 18.7. The Morgan fingerprint density at radius 2 is 1.55 bits per heavy atom. The molecule has 1 aliphatic carbocycles. The molecule has 0 radical (unpaired) electrons. The van der Waals surface area contributed by atoms with Crippen molar-refractivity contribution in [3.8, 4) is 11.8 Å². The number of rotatable bonds is 1. The van der Waals surface area contributed by atoms with Crippen molar-refractivity contribution in [2.75, 3.05) is 13.1 Å². The molecule has 0 unspecified atom stereocenters. The number of carbonyl (C=O) groups excluding carboxylic acids is 4. The van der Waals surface area contributed by atoms with E-state index < -0.39 is 28.7 Å². The molecule has 0 atom stereocenters. The Labute approximate surface area is 196 Å². The second-order valence-electron chi connectivity index (χ2n) is 10.6. The molecule has 0 bridgehead atoms. The van der Waals surface area contributed by atoms with Crippen LogP contribution in [-0.4, -0.2) is 46.9 Å². The number of aryl methyl sites for hydroxylation is 2. The van der Waals surface area contributed by atoms with Gasteiger partial charge in [0.2, 0.25) is 0 Å². The molecule has 3 rings (SSSR count). The lowest BCUT2D eigenvalue weighted by atomic mass is 9.62. The van der Waals surface area contributed by atoms with E-state index in [1.807, 2.05) is 46.8 Å². The Hall–Kier alpha value is -2.94. The first-order valence-electron chi connectivity index (χ1n) is 11.6. The molecule has 1 aliphatic heterocycles. The van der Waals surface area contributed by atoms with Gasteiger partial charge in [-0.2, -0.15) is 0 Å². The molecule has 1 saturated carbocycles. The third kappa shape index (κ3) is 5.35. The second-order valence-corrected chi connectivity index (χ2v) is 10.6. The van der Waals surface area contributed by atoms with E-state index in [2.05, 4.69) is 17.2 Å². The van der Waals surface area contributed by atoms with Crippen molar-refractivity contribution < 1.29 is 19.2 Å². The van der Waals surface area contributed by atoms with Crippen LogP contribution in [0.25, 0.3) is 0 Å². The van der Waals surface area contributed by atoms with E-state index in [4.69, 9.17) is 0 Å². The zero-order valence-corrected chi connectivity index (χ0v) is 20.6. The van der Waals surface area contributed by atoms with Crippen molar-refractivity contribution in [2.45, 2.75) is 78.7 Å². The highest BCUT2D eigenvalue weighted by Gasteiger charge is 2.48. The minimum absolute atomic E-state index is 0.0444. The van der Waals surface area contributed by atoms with Crippen molar-refractivity contribution in [2.24, 2.45) is 5.41 Å². The van der Waals surface area contributed by atoms with Crippen LogP contribution in [0.1, 0.15) is 81.5 Å². The summed E-state index contributed by atoms with van der Waals surface area (Å²) >= 11 is 0. The Balaban J connectivity index is 1.72.